The van der Waals surface area contributed by atoms with E-state index in [2.05, 4.69) is 22.4 Å². The molecule has 1 aliphatic rings. The minimum Gasteiger partial charge on any atom is -0.484 e. The van der Waals surface area contributed by atoms with Crippen LogP contribution in [0, 0.1) is 0 Å². The number of amides is 1. The molecule has 6 heteroatoms. The van der Waals surface area contributed by atoms with Gasteiger partial charge in [-0.05, 0) is 42.0 Å². The monoisotopic (exact) mass is 382 g/mol. The number of hydrogen-bond acceptors (Lipinski definition) is 5. The van der Waals surface area contributed by atoms with Crippen molar-refractivity contribution in [3.63, 3.8) is 0 Å². The first-order chi connectivity index (χ1) is 12.8. The second-order valence-electron chi connectivity index (χ2n) is 5.89. The smallest absolute Gasteiger partial charge is 0.262 e. The molecule has 4 rings (SSSR count). The Morgan fingerprint density at radius 3 is 2.73 bits per heavy atom. The maximum Gasteiger partial charge on any atom is 0.262 e. The molecule has 0 radical (unpaired) electrons. The van der Waals surface area contributed by atoms with E-state index < -0.39 is 0 Å². The van der Waals surface area contributed by atoms with Crippen molar-refractivity contribution in [1.82, 2.24) is 4.98 Å². The molecule has 1 aromatic heterocycles. The highest BCUT2D eigenvalue weighted by Crippen LogP contribution is 2.45. The van der Waals surface area contributed by atoms with Gasteiger partial charge in [-0.3, -0.25) is 9.78 Å². The fraction of sp³-hybridized carbons (Fsp3) is 0.200. The summed E-state index contributed by atoms with van der Waals surface area (Å²) in [5.74, 6) is 2.94. The van der Waals surface area contributed by atoms with E-state index in [0.717, 1.165) is 16.6 Å². The number of hydrogen-bond donors (Lipinski definition) is 1. The molecule has 0 unspecified atom stereocenters. The molecule has 0 bridgehead atoms. The first kappa shape index (κ1) is 17.2. The van der Waals surface area contributed by atoms with Gasteiger partial charge in [0.2, 0.25) is 0 Å². The van der Waals surface area contributed by atoms with E-state index in [1.807, 2.05) is 66.0 Å². The molecule has 1 saturated heterocycles. The summed E-state index contributed by atoms with van der Waals surface area (Å²) >= 11 is 3.95. The average molecular weight is 383 g/mol. The van der Waals surface area contributed by atoms with Crippen molar-refractivity contribution in [2.75, 3.05) is 23.4 Å². The molecule has 4 nitrogen and oxygen atoms in total. The van der Waals surface area contributed by atoms with Crippen LogP contribution in [0.25, 0.3) is 10.9 Å². The lowest BCUT2D eigenvalue weighted by molar-refractivity contribution is -0.118. The first-order valence-electron chi connectivity index (χ1n) is 8.38. The third-order valence-electron chi connectivity index (χ3n) is 4.03. The van der Waals surface area contributed by atoms with Gasteiger partial charge in [-0.25, -0.2) is 0 Å². The number of benzene rings is 2. The van der Waals surface area contributed by atoms with Crippen molar-refractivity contribution in [2.45, 2.75) is 4.58 Å². The highest BCUT2D eigenvalue weighted by atomic mass is 32.2. The zero-order valence-corrected chi connectivity index (χ0v) is 15.7. The van der Waals surface area contributed by atoms with Crippen LogP contribution in [0.5, 0.6) is 5.75 Å². The van der Waals surface area contributed by atoms with E-state index in [9.17, 15) is 4.79 Å². The number of thioether (sulfide) groups is 2. The quantitative estimate of drug-likeness (QED) is 0.691. The van der Waals surface area contributed by atoms with E-state index in [1.54, 1.807) is 6.20 Å². The van der Waals surface area contributed by atoms with Gasteiger partial charge in [-0.2, -0.15) is 0 Å². The van der Waals surface area contributed by atoms with Crippen LogP contribution in [-0.2, 0) is 4.79 Å². The van der Waals surface area contributed by atoms with Gasteiger partial charge in [-0.1, -0.05) is 18.2 Å². The van der Waals surface area contributed by atoms with Crippen LogP contribution in [0.4, 0.5) is 5.69 Å². The van der Waals surface area contributed by atoms with Gasteiger partial charge in [-0.15, -0.1) is 23.5 Å². The number of anilines is 1. The molecule has 2 aromatic carbocycles. The molecule has 0 atom stereocenters. The summed E-state index contributed by atoms with van der Waals surface area (Å²) in [5.41, 5.74) is 2.95. The normalized spacial score (nSPS) is 14.5. The Labute approximate surface area is 160 Å². The van der Waals surface area contributed by atoms with Crippen LogP contribution < -0.4 is 10.1 Å². The highest BCUT2D eigenvalue weighted by Gasteiger charge is 2.18. The standard InChI is InChI=1S/C20H18N2O2S2/c23-19(22-16-5-8-18-15(12-16)2-1-9-21-18)13-24-17-6-3-14(4-7-17)20-25-10-11-26-20/h1-9,12,20H,10-11,13H2,(H,22,23). The summed E-state index contributed by atoms with van der Waals surface area (Å²) in [7, 11) is 0. The fourth-order valence-corrected chi connectivity index (χ4v) is 5.63. The summed E-state index contributed by atoms with van der Waals surface area (Å²) in [4.78, 5) is 16.4. The molecule has 0 saturated carbocycles. The van der Waals surface area contributed by atoms with Crippen LogP contribution in [0.15, 0.2) is 60.8 Å². The molecule has 1 fully saturated rings. The van der Waals surface area contributed by atoms with Crippen molar-refractivity contribution in [3.05, 3.63) is 66.4 Å². The zero-order valence-electron chi connectivity index (χ0n) is 14.1. The molecule has 1 amide bonds. The van der Waals surface area contributed by atoms with E-state index in [4.69, 9.17) is 4.74 Å². The van der Waals surface area contributed by atoms with Gasteiger partial charge >= 0.3 is 0 Å². The number of ether oxygens (including phenoxy) is 1. The fourth-order valence-electron chi connectivity index (χ4n) is 2.77. The van der Waals surface area contributed by atoms with Gasteiger partial charge in [0.15, 0.2) is 6.61 Å². The molecular weight excluding hydrogens is 364 g/mol. The third-order valence-corrected chi connectivity index (χ3v) is 7.14. The highest BCUT2D eigenvalue weighted by molar-refractivity contribution is 8.19. The minimum atomic E-state index is -0.181. The number of nitrogens with one attached hydrogen (secondary N) is 1. The van der Waals surface area contributed by atoms with Crippen LogP contribution in [0.1, 0.15) is 10.1 Å². The molecule has 3 aromatic rings. The van der Waals surface area contributed by atoms with Gasteiger partial charge in [0.1, 0.15) is 5.75 Å². The molecule has 1 N–H and O–H groups in total. The summed E-state index contributed by atoms with van der Waals surface area (Å²) in [6, 6.07) is 17.5. The number of carbonyl (C=O) groups is 1. The number of pyridine rings is 1. The third kappa shape index (κ3) is 4.14. The summed E-state index contributed by atoms with van der Waals surface area (Å²) in [6.45, 7) is -0.0165. The molecule has 26 heavy (non-hydrogen) atoms. The molecule has 132 valence electrons. The number of rotatable bonds is 5. The summed E-state index contributed by atoms with van der Waals surface area (Å²) in [6.07, 6.45) is 1.75. The minimum absolute atomic E-state index is 0.0165. The van der Waals surface area contributed by atoms with Crippen LogP contribution in [0.2, 0.25) is 0 Å². The molecule has 1 aliphatic heterocycles. The molecule has 0 aliphatic carbocycles. The SMILES string of the molecule is O=C(COc1ccc(C2SCCS2)cc1)Nc1ccc2ncccc2c1. The van der Waals surface area contributed by atoms with Crippen molar-refractivity contribution in [3.8, 4) is 5.75 Å². The Bertz CT molecular complexity index is 909. The van der Waals surface area contributed by atoms with Crippen molar-refractivity contribution < 1.29 is 9.53 Å². The molecule has 2 heterocycles. The topological polar surface area (TPSA) is 51.2 Å². The van der Waals surface area contributed by atoms with Gasteiger partial charge < -0.3 is 10.1 Å². The lowest BCUT2D eigenvalue weighted by atomic mass is 10.2. The zero-order chi connectivity index (χ0) is 17.8. The van der Waals surface area contributed by atoms with Gasteiger partial charge in [0.25, 0.3) is 5.91 Å². The van der Waals surface area contributed by atoms with Crippen LogP contribution in [0.3, 0.4) is 0 Å². The van der Waals surface area contributed by atoms with Gasteiger partial charge in [0.05, 0.1) is 10.1 Å². The largest absolute Gasteiger partial charge is 0.484 e. The maximum absolute atomic E-state index is 12.1. The number of fused-ring (bicyclic) bond motifs is 1. The Balaban J connectivity index is 1.32. The average Bonchev–Trinajstić information content (AvgIpc) is 3.21. The van der Waals surface area contributed by atoms with E-state index in [0.29, 0.717) is 10.3 Å². The number of carbonyl (C=O) groups excluding carboxylic acids is 1. The Hall–Kier alpha value is -2.18. The molecular formula is C20H18N2O2S2. The Kier molecular flexibility index (Phi) is 5.32. The lowest BCUT2D eigenvalue weighted by Crippen LogP contribution is -2.20. The first-order valence-corrected chi connectivity index (χ1v) is 10.5. The second kappa shape index (κ2) is 8.01. The van der Waals surface area contributed by atoms with Gasteiger partial charge in [0, 0.05) is 28.8 Å². The lowest BCUT2D eigenvalue weighted by Gasteiger charge is -2.11. The van der Waals surface area contributed by atoms with Crippen LogP contribution >= 0.6 is 23.5 Å². The Morgan fingerprint density at radius 1 is 1.12 bits per heavy atom. The second-order valence-corrected chi connectivity index (χ2v) is 8.61. The summed E-state index contributed by atoms with van der Waals surface area (Å²) < 4.78 is 6.13. The number of nitrogens with zero attached hydrogens (tertiary/aromatic N) is 1. The van der Waals surface area contributed by atoms with E-state index in [1.165, 1.54) is 17.1 Å². The van der Waals surface area contributed by atoms with Crippen molar-refractivity contribution >= 4 is 46.0 Å². The van der Waals surface area contributed by atoms with E-state index in [-0.39, 0.29) is 12.5 Å². The van der Waals surface area contributed by atoms with Crippen LogP contribution in [-0.4, -0.2) is 29.0 Å². The predicted molar refractivity (Wildman–Crippen MR) is 110 cm³/mol. The maximum atomic E-state index is 12.1. The van der Waals surface area contributed by atoms with Crippen molar-refractivity contribution in [1.29, 1.82) is 0 Å². The molecule has 0 spiro atoms. The van der Waals surface area contributed by atoms with E-state index >= 15 is 0 Å². The number of aromatic nitrogens is 1. The predicted octanol–water partition coefficient (Wildman–Crippen LogP) is 4.73. The Morgan fingerprint density at radius 2 is 1.92 bits per heavy atom. The summed E-state index contributed by atoms with van der Waals surface area (Å²) in [5, 5.41) is 3.85. The van der Waals surface area contributed by atoms with Crippen molar-refractivity contribution in [2.24, 2.45) is 0 Å².